The summed E-state index contributed by atoms with van der Waals surface area (Å²) in [6.45, 7) is 4.94. The number of carbonyl (C=O) groups excluding carboxylic acids is 1. The Labute approximate surface area is 147 Å². The molecule has 1 heterocycles. The second-order valence-electron chi connectivity index (χ2n) is 6.95. The van der Waals surface area contributed by atoms with Gasteiger partial charge in [-0.25, -0.2) is 4.98 Å². The molecule has 0 atom stereocenters. The van der Waals surface area contributed by atoms with Crippen molar-refractivity contribution >= 4 is 5.91 Å². The number of hydrogen-bond donors (Lipinski definition) is 1. The summed E-state index contributed by atoms with van der Waals surface area (Å²) < 4.78 is 5.26. The molecule has 4 nitrogen and oxygen atoms in total. The van der Waals surface area contributed by atoms with Gasteiger partial charge in [0.25, 0.3) is 5.91 Å². The fourth-order valence-electron chi connectivity index (χ4n) is 2.78. The Morgan fingerprint density at radius 1 is 1.08 bits per heavy atom. The number of carbonyl (C=O) groups is 1. The van der Waals surface area contributed by atoms with E-state index in [1.54, 1.807) is 18.3 Å². The van der Waals surface area contributed by atoms with Crippen molar-refractivity contribution in [1.82, 2.24) is 10.3 Å². The molecule has 25 heavy (non-hydrogen) atoms. The zero-order valence-corrected chi connectivity index (χ0v) is 14.5. The highest BCUT2D eigenvalue weighted by Gasteiger charge is 2.20. The van der Waals surface area contributed by atoms with Crippen LogP contribution in [0.4, 0.5) is 0 Å². The molecule has 0 aliphatic rings. The van der Waals surface area contributed by atoms with Gasteiger partial charge in [-0.15, -0.1) is 0 Å². The van der Waals surface area contributed by atoms with Crippen LogP contribution < -0.4 is 5.32 Å². The summed E-state index contributed by atoms with van der Waals surface area (Å²) in [5, 5.41) is 3.04. The van der Waals surface area contributed by atoms with Gasteiger partial charge in [-0.3, -0.25) is 4.79 Å². The number of amides is 1. The number of nitrogens with one attached hydrogen (secondary N) is 1. The van der Waals surface area contributed by atoms with Crippen LogP contribution in [-0.2, 0) is 6.42 Å². The smallest absolute Gasteiger partial charge is 0.251 e. The summed E-state index contributed by atoms with van der Waals surface area (Å²) in [6.07, 6.45) is 3.96. The van der Waals surface area contributed by atoms with Crippen LogP contribution in [0, 0.1) is 5.41 Å². The Bertz CT molecular complexity index is 807. The number of benzene rings is 2. The van der Waals surface area contributed by atoms with Gasteiger partial charge >= 0.3 is 0 Å². The molecule has 4 heteroatoms. The van der Waals surface area contributed by atoms with E-state index < -0.39 is 0 Å². The van der Waals surface area contributed by atoms with Crippen molar-refractivity contribution in [2.45, 2.75) is 20.3 Å². The van der Waals surface area contributed by atoms with Gasteiger partial charge in [-0.1, -0.05) is 56.3 Å². The lowest BCUT2D eigenvalue weighted by molar-refractivity contribution is 0.0936. The maximum Gasteiger partial charge on any atom is 0.251 e. The third kappa shape index (κ3) is 4.57. The van der Waals surface area contributed by atoms with Crippen LogP contribution in [0.25, 0.3) is 11.3 Å². The largest absolute Gasteiger partial charge is 0.444 e. The average molecular weight is 334 g/mol. The zero-order valence-electron chi connectivity index (χ0n) is 14.5. The van der Waals surface area contributed by atoms with Crippen molar-refractivity contribution in [1.29, 1.82) is 0 Å². The number of nitrogens with zero attached hydrogens (tertiary/aromatic N) is 1. The predicted molar refractivity (Wildman–Crippen MR) is 98.2 cm³/mol. The molecule has 1 N–H and O–H groups in total. The SMILES string of the molecule is CC(C)(CNC(=O)c1ccc(-c2cnco2)cc1)Cc1ccccc1. The van der Waals surface area contributed by atoms with Gasteiger partial charge in [-0.2, -0.15) is 0 Å². The molecule has 0 aliphatic carbocycles. The standard InChI is InChI=1S/C21H22N2O2/c1-21(2,12-16-6-4-3-5-7-16)14-23-20(24)18-10-8-17(9-11-18)19-13-22-15-25-19/h3-11,13,15H,12,14H2,1-2H3,(H,23,24). The van der Waals surface area contributed by atoms with Crippen molar-refractivity contribution in [3.8, 4) is 11.3 Å². The lowest BCUT2D eigenvalue weighted by atomic mass is 9.85. The molecule has 0 unspecified atom stereocenters. The average Bonchev–Trinajstić information content (AvgIpc) is 3.15. The Morgan fingerprint density at radius 2 is 1.80 bits per heavy atom. The molecule has 0 saturated carbocycles. The van der Waals surface area contributed by atoms with Gasteiger partial charge in [0.05, 0.1) is 6.20 Å². The molecule has 3 rings (SSSR count). The summed E-state index contributed by atoms with van der Waals surface area (Å²) in [6, 6.07) is 17.7. The van der Waals surface area contributed by atoms with E-state index in [0.717, 1.165) is 12.0 Å². The molecule has 2 aromatic carbocycles. The number of hydrogen-bond acceptors (Lipinski definition) is 3. The van der Waals surface area contributed by atoms with Crippen molar-refractivity contribution in [2.24, 2.45) is 5.41 Å². The summed E-state index contributed by atoms with van der Waals surface area (Å²) in [5.74, 6) is 0.626. The van der Waals surface area contributed by atoms with Gasteiger partial charge in [-0.05, 0) is 29.5 Å². The molecule has 0 saturated heterocycles. The summed E-state index contributed by atoms with van der Waals surface area (Å²) in [7, 11) is 0. The van der Waals surface area contributed by atoms with Crippen LogP contribution >= 0.6 is 0 Å². The third-order valence-electron chi connectivity index (χ3n) is 4.12. The van der Waals surface area contributed by atoms with E-state index >= 15 is 0 Å². The number of oxazole rings is 1. The molecule has 0 aliphatic heterocycles. The summed E-state index contributed by atoms with van der Waals surface area (Å²) >= 11 is 0. The zero-order chi connectivity index (χ0) is 17.7. The Morgan fingerprint density at radius 3 is 2.44 bits per heavy atom. The van der Waals surface area contributed by atoms with E-state index in [1.165, 1.54) is 12.0 Å². The molecular formula is C21H22N2O2. The highest BCUT2D eigenvalue weighted by molar-refractivity contribution is 5.94. The maximum atomic E-state index is 12.4. The first kappa shape index (κ1) is 17.0. The maximum absolute atomic E-state index is 12.4. The van der Waals surface area contributed by atoms with Crippen molar-refractivity contribution in [3.05, 3.63) is 78.3 Å². The minimum Gasteiger partial charge on any atom is -0.444 e. The highest BCUT2D eigenvalue weighted by atomic mass is 16.3. The lowest BCUT2D eigenvalue weighted by Gasteiger charge is -2.25. The van der Waals surface area contributed by atoms with Crippen LogP contribution in [0.5, 0.6) is 0 Å². The summed E-state index contributed by atoms with van der Waals surface area (Å²) in [5.41, 5.74) is 2.80. The van der Waals surface area contributed by atoms with Crippen LogP contribution in [-0.4, -0.2) is 17.4 Å². The van der Waals surface area contributed by atoms with E-state index in [-0.39, 0.29) is 11.3 Å². The van der Waals surface area contributed by atoms with Crippen molar-refractivity contribution in [2.75, 3.05) is 6.54 Å². The molecule has 0 fully saturated rings. The minimum atomic E-state index is -0.0646. The Hall–Kier alpha value is -2.88. The quantitative estimate of drug-likeness (QED) is 0.729. The molecule has 128 valence electrons. The monoisotopic (exact) mass is 334 g/mol. The molecule has 0 bridgehead atoms. The molecule has 1 amide bonds. The normalized spacial score (nSPS) is 11.3. The minimum absolute atomic E-state index is 0.0171. The molecule has 0 spiro atoms. The van der Waals surface area contributed by atoms with Gasteiger partial charge in [0.2, 0.25) is 0 Å². The molecule has 0 radical (unpaired) electrons. The van der Waals surface area contributed by atoms with Crippen molar-refractivity contribution in [3.63, 3.8) is 0 Å². The highest BCUT2D eigenvalue weighted by Crippen LogP contribution is 2.22. The third-order valence-corrected chi connectivity index (χ3v) is 4.12. The van der Waals surface area contributed by atoms with E-state index in [2.05, 4.69) is 36.3 Å². The van der Waals surface area contributed by atoms with E-state index in [0.29, 0.717) is 17.9 Å². The second-order valence-corrected chi connectivity index (χ2v) is 6.95. The predicted octanol–water partition coefficient (Wildman–Crippen LogP) is 4.34. The topological polar surface area (TPSA) is 55.1 Å². The fourth-order valence-corrected chi connectivity index (χ4v) is 2.78. The summed E-state index contributed by atoms with van der Waals surface area (Å²) in [4.78, 5) is 16.3. The van der Waals surface area contributed by atoms with Crippen LogP contribution in [0.3, 0.4) is 0 Å². The molecule has 1 aromatic heterocycles. The number of aromatic nitrogens is 1. The van der Waals surface area contributed by atoms with Gasteiger partial charge in [0, 0.05) is 17.7 Å². The Balaban J connectivity index is 1.58. The van der Waals surface area contributed by atoms with Crippen LogP contribution in [0.1, 0.15) is 29.8 Å². The molecule has 3 aromatic rings. The van der Waals surface area contributed by atoms with Gasteiger partial charge in [0.1, 0.15) is 0 Å². The first-order valence-corrected chi connectivity index (χ1v) is 8.35. The lowest BCUT2D eigenvalue weighted by Crippen LogP contribution is -2.35. The van der Waals surface area contributed by atoms with Crippen LogP contribution in [0.2, 0.25) is 0 Å². The Kier molecular flexibility index (Phi) is 4.98. The first-order chi connectivity index (χ1) is 12.0. The van der Waals surface area contributed by atoms with Crippen LogP contribution in [0.15, 0.2) is 71.6 Å². The molecular weight excluding hydrogens is 312 g/mol. The van der Waals surface area contributed by atoms with E-state index in [4.69, 9.17) is 4.42 Å². The van der Waals surface area contributed by atoms with Gasteiger partial charge < -0.3 is 9.73 Å². The van der Waals surface area contributed by atoms with Crippen molar-refractivity contribution < 1.29 is 9.21 Å². The number of rotatable bonds is 6. The first-order valence-electron chi connectivity index (χ1n) is 8.35. The van der Waals surface area contributed by atoms with E-state index in [1.807, 2.05) is 30.3 Å². The van der Waals surface area contributed by atoms with E-state index in [9.17, 15) is 4.79 Å². The fraction of sp³-hybridized carbons (Fsp3) is 0.238. The second kappa shape index (κ2) is 7.34. The van der Waals surface area contributed by atoms with Gasteiger partial charge in [0.15, 0.2) is 12.2 Å².